The Labute approximate surface area is 143 Å². The van der Waals surface area contributed by atoms with Gasteiger partial charge in [0.1, 0.15) is 6.04 Å². The first-order chi connectivity index (χ1) is 11.5. The van der Waals surface area contributed by atoms with Gasteiger partial charge in [0.25, 0.3) is 5.91 Å². The maximum atomic E-state index is 12.9. The van der Waals surface area contributed by atoms with Gasteiger partial charge in [-0.05, 0) is 36.8 Å². The summed E-state index contributed by atoms with van der Waals surface area (Å²) in [6.07, 6.45) is 0. The van der Waals surface area contributed by atoms with Crippen LogP contribution in [0.15, 0.2) is 24.3 Å². The maximum absolute atomic E-state index is 12.9. The average molecular weight is 329 g/mol. The lowest BCUT2D eigenvalue weighted by molar-refractivity contribution is -0.133. The van der Waals surface area contributed by atoms with Gasteiger partial charge in [0.2, 0.25) is 5.91 Å². The summed E-state index contributed by atoms with van der Waals surface area (Å²) in [7, 11) is 0. The normalized spacial score (nSPS) is 24.1. The van der Waals surface area contributed by atoms with Gasteiger partial charge in [0.05, 0.1) is 0 Å². The minimum atomic E-state index is -0.468. The van der Waals surface area contributed by atoms with Crippen molar-refractivity contribution in [2.75, 3.05) is 26.2 Å². The highest BCUT2D eigenvalue weighted by molar-refractivity contribution is 5.97. The van der Waals surface area contributed by atoms with Gasteiger partial charge in [-0.25, -0.2) is 0 Å². The van der Waals surface area contributed by atoms with Gasteiger partial charge in [-0.1, -0.05) is 31.5 Å². The number of hydrogen-bond donors (Lipinski definition) is 2. The molecule has 5 heteroatoms. The maximum Gasteiger partial charge on any atom is 0.251 e. The molecule has 1 aromatic carbocycles. The second-order valence-corrected chi connectivity index (χ2v) is 7.49. The number of hydrogen-bond acceptors (Lipinski definition) is 3. The summed E-state index contributed by atoms with van der Waals surface area (Å²) in [6.45, 7) is 9.53. The molecule has 24 heavy (non-hydrogen) atoms. The third kappa shape index (κ3) is 3.46. The molecule has 0 saturated carbocycles. The van der Waals surface area contributed by atoms with Gasteiger partial charge >= 0.3 is 0 Å². The van der Waals surface area contributed by atoms with Gasteiger partial charge in [0, 0.05) is 31.7 Å². The van der Waals surface area contributed by atoms with E-state index in [4.69, 9.17) is 0 Å². The van der Waals surface area contributed by atoms with Gasteiger partial charge in [-0.3, -0.25) is 9.59 Å². The van der Waals surface area contributed by atoms with Crippen LogP contribution in [0.2, 0.25) is 0 Å². The van der Waals surface area contributed by atoms with Gasteiger partial charge in [-0.15, -0.1) is 0 Å². The van der Waals surface area contributed by atoms with Crippen LogP contribution < -0.4 is 10.6 Å². The molecule has 2 saturated heterocycles. The van der Waals surface area contributed by atoms with Crippen LogP contribution in [0.3, 0.4) is 0 Å². The Hall–Kier alpha value is -1.88. The summed E-state index contributed by atoms with van der Waals surface area (Å²) in [5, 5.41) is 6.34. The molecule has 2 amide bonds. The van der Waals surface area contributed by atoms with E-state index in [1.54, 1.807) is 6.07 Å². The van der Waals surface area contributed by atoms with E-state index in [2.05, 4.69) is 10.6 Å². The summed E-state index contributed by atoms with van der Waals surface area (Å²) in [5.74, 6) is 1.07. The highest BCUT2D eigenvalue weighted by atomic mass is 16.2. The van der Waals surface area contributed by atoms with E-state index < -0.39 is 6.04 Å². The summed E-state index contributed by atoms with van der Waals surface area (Å²) in [4.78, 5) is 27.4. The molecule has 2 heterocycles. The Kier molecular flexibility index (Phi) is 4.90. The topological polar surface area (TPSA) is 61.4 Å². The van der Waals surface area contributed by atoms with Crippen molar-refractivity contribution in [1.82, 2.24) is 15.5 Å². The van der Waals surface area contributed by atoms with Crippen molar-refractivity contribution < 1.29 is 9.59 Å². The van der Waals surface area contributed by atoms with Crippen molar-refractivity contribution in [3.05, 3.63) is 35.4 Å². The smallest absolute Gasteiger partial charge is 0.251 e. The molecule has 0 bridgehead atoms. The number of fused-ring (bicyclic) bond motifs is 1. The van der Waals surface area contributed by atoms with Crippen molar-refractivity contribution in [2.24, 2.45) is 17.8 Å². The fourth-order valence-corrected chi connectivity index (χ4v) is 3.76. The second kappa shape index (κ2) is 6.93. The van der Waals surface area contributed by atoms with E-state index >= 15 is 0 Å². The molecule has 0 aromatic heterocycles. The summed E-state index contributed by atoms with van der Waals surface area (Å²) < 4.78 is 0. The molecule has 0 aliphatic carbocycles. The van der Waals surface area contributed by atoms with Crippen molar-refractivity contribution in [1.29, 1.82) is 0 Å². The molecule has 130 valence electrons. The van der Waals surface area contributed by atoms with Crippen LogP contribution in [-0.2, 0) is 4.79 Å². The third-order valence-electron chi connectivity index (χ3n) is 5.20. The first kappa shape index (κ1) is 17.0. The van der Waals surface area contributed by atoms with Crippen molar-refractivity contribution in [2.45, 2.75) is 26.8 Å². The number of aryl methyl sites for hydroxylation is 1. The SMILES string of the molecule is Cc1cccc(C(=O)NC(C(=O)N2C[C@H]3CNC[C@H]3C2)C(C)C)c1. The van der Waals surface area contributed by atoms with E-state index in [9.17, 15) is 9.59 Å². The molecule has 5 nitrogen and oxygen atoms in total. The first-order valence-electron chi connectivity index (χ1n) is 8.82. The summed E-state index contributed by atoms with van der Waals surface area (Å²) in [6, 6.07) is 6.99. The van der Waals surface area contributed by atoms with Gasteiger partial charge in [-0.2, -0.15) is 0 Å². The van der Waals surface area contributed by atoms with Crippen molar-refractivity contribution in [3.63, 3.8) is 0 Å². The number of carbonyl (C=O) groups excluding carboxylic acids is 2. The molecule has 3 atom stereocenters. The lowest BCUT2D eigenvalue weighted by atomic mass is 10.0. The Morgan fingerprint density at radius 2 is 1.88 bits per heavy atom. The second-order valence-electron chi connectivity index (χ2n) is 7.49. The molecule has 0 spiro atoms. The molecule has 2 aliphatic heterocycles. The molecule has 0 radical (unpaired) electrons. The van der Waals surface area contributed by atoms with E-state index in [0.29, 0.717) is 17.4 Å². The first-order valence-corrected chi connectivity index (χ1v) is 8.82. The fraction of sp³-hybridized carbons (Fsp3) is 0.579. The van der Waals surface area contributed by atoms with Crippen LogP contribution in [0.5, 0.6) is 0 Å². The Morgan fingerprint density at radius 1 is 1.21 bits per heavy atom. The summed E-state index contributed by atoms with van der Waals surface area (Å²) in [5.41, 5.74) is 1.64. The molecule has 1 aromatic rings. The molecule has 1 unspecified atom stereocenters. The predicted octanol–water partition coefficient (Wildman–Crippen LogP) is 1.43. The molecule has 2 aliphatic rings. The lowest BCUT2D eigenvalue weighted by Crippen LogP contribution is -2.51. The van der Waals surface area contributed by atoms with Crippen LogP contribution >= 0.6 is 0 Å². The lowest BCUT2D eigenvalue weighted by Gasteiger charge is -2.27. The summed E-state index contributed by atoms with van der Waals surface area (Å²) >= 11 is 0. The number of rotatable bonds is 4. The Morgan fingerprint density at radius 3 is 2.46 bits per heavy atom. The number of likely N-dealkylation sites (tertiary alicyclic amines) is 1. The average Bonchev–Trinajstić information content (AvgIpc) is 3.13. The van der Waals surface area contributed by atoms with Crippen LogP contribution in [0, 0.1) is 24.7 Å². The van der Waals surface area contributed by atoms with Crippen molar-refractivity contribution in [3.8, 4) is 0 Å². The van der Waals surface area contributed by atoms with E-state index in [1.807, 2.05) is 43.9 Å². The Bertz CT molecular complexity index is 617. The largest absolute Gasteiger partial charge is 0.340 e. The number of benzene rings is 1. The number of nitrogens with one attached hydrogen (secondary N) is 2. The number of nitrogens with zero attached hydrogens (tertiary/aromatic N) is 1. The minimum absolute atomic E-state index is 0.0559. The predicted molar refractivity (Wildman–Crippen MR) is 93.7 cm³/mol. The van der Waals surface area contributed by atoms with E-state index in [-0.39, 0.29) is 17.7 Å². The minimum Gasteiger partial charge on any atom is -0.340 e. The fourth-order valence-electron chi connectivity index (χ4n) is 3.76. The molecule has 2 fully saturated rings. The molecule has 2 N–H and O–H groups in total. The standard InChI is InChI=1S/C19H27N3O2/c1-12(2)17(21-18(23)14-6-4-5-13(3)7-14)19(24)22-10-15-8-20-9-16(15)11-22/h4-7,12,15-17,20H,8-11H2,1-3H3,(H,21,23)/t15-,16+,17?. The van der Waals surface area contributed by atoms with Gasteiger partial charge in [0.15, 0.2) is 0 Å². The third-order valence-corrected chi connectivity index (χ3v) is 5.20. The van der Waals surface area contributed by atoms with Crippen LogP contribution in [0.4, 0.5) is 0 Å². The molecule has 3 rings (SSSR count). The Balaban J connectivity index is 1.68. The highest BCUT2D eigenvalue weighted by Crippen LogP contribution is 2.27. The van der Waals surface area contributed by atoms with E-state index in [1.165, 1.54) is 0 Å². The zero-order valence-corrected chi connectivity index (χ0v) is 14.7. The van der Waals surface area contributed by atoms with Crippen LogP contribution in [0.1, 0.15) is 29.8 Å². The van der Waals surface area contributed by atoms with E-state index in [0.717, 1.165) is 31.7 Å². The number of amides is 2. The monoisotopic (exact) mass is 329 g/mol. The van der Waals surface area contributed by atoms with Crippen LogP contribution in [0.25, 0.3) is 0 Å². The van der Waals surface area contributed by atoms with Crippen LogP contribution in [-0.4, -0.2) is 48.9 Å². The highest BCUT2D eigenvalue weighted by Gasteiger charge is 2.40. The zero-order chi connectivity index (χ0) is 17.3. The number of carbonyl (C=O) groups is 2. The quantitative estimate of drug-likeness (QED) is 0.878. The van der Waals surface area contributed by atoms with Gasteiger partial charge < -0.3 is 15.5 Å². The zero-order valence-electron chi connectivity index (χ0n) is 14.7. The van der Waals surface area contributed by atoms with Crippen molar-refractivity contribution >= 4 is 11.8 Å². The molecular weight excluding hydrogens is 302 g/mol. The molecular formula is C19H27N3O2.